The first-order valence-electron chi connectivity index (χ1n) is 6.41. The third-order valence-electron chi connectivity index (χ3n) is 3.25. The molecule has 1 atom stereocenters. The van der Waals surface area contributed by atoms with Gasteiger partial charge < -0.3 is 5.11 Å². The molecule has 1 fully saturated rings. The fourth-order valence-corrected chi connectivity index (χ4v) is 3.97. The van der Waals surface area contributed by atoms with Crippen LogP contribution >= 0.6 is 23.3 Å². The lowest BCUT2D eigenvalue weighted by Crippen LogP contribution is -2.14. The van der Waals surface area contributed by atoms with E-state index in [9.17, 15) is 5.11 Å². The Hall–Kier alpha value is -0.130. The zero-order valence-corrected chi connectivity index (χ0v) is 11.9. The number of hydrogen-bond acceptors (Lipinski definition) is 5. The summed E-state index contributed by atoms with van der Waals surface area (Å²) in [6.45, 7) is 2.06. The average molecular weight is 272 g/mol. The largest absolute Gasteiger partial charge is 0.392 e. The summed E-state index contributed by atoms with van der Waals surface area (Å²) in [6, 6.07) is 0. The van der Waals surface area contributed by atoms with Gasteiger partial charge in [-0.15, -0.1) is 0 Å². The maximum atomic E-state index is 9.97. The van der Waals surface area contributed by atoms with Crippen molar-refractivity contribution in [2.75, 3.05) is 5.75 Å². The van der Waals surface area contributed by atoms with Crippen LogP contribution in [0.5, 0.6) is 0 Å². The van der Waals surface area contributed by atoms with E-state index >= 15 is 0 Å². The highest BCUT2D eigenvalue weighted by Crippen LogP contribution is 2.30. The molecule has 3 nitrogen and oxygen atoms in total. The molecule has 96 valence electrons. The van der Waals surface area contributed by atoms with Crippen molar-refractivity contribution in [1.82, 2.24) is 9.36 Å². The van der Waals surface area contributed by atoms with E-state index in [1.54, 1.807) is 11.8 Å². The van der Waals surface area contributed by atoms with Gasteiger partial charge in [0.25, 0.3) is 0 Å². The highest BCUT2D eigenvalue weighted by Gasteiger charge is 2.19. The molecule has 5 heteroatoms. The lowest BCUT2D eigenvalue weighted by molar-refractivity contribution is 0.166. The highest BCUT2D eigenvalue weighted by molar-refractivity contribution is 8.00. The molecule has 0 saturated heterocycles. The molecule has 0 aliphatic heterocycles. The van der Waals surface area contributed by atoms with Crippen LogP contribution in [0.1, 0.15) is 44.9 Å². The fourth-order valence-electron chi connectivity index (χ4n) is 2.31. The van der Waals surface area contributed by atoms with Gasteiger partial charge in [-0.3, -0.25) is 0 Å². The van der Waals surface area contributed by atoms with Crippen LogP contribution in [0.15, 0.2) is 4.34 Å². The first kappa shape index (κ1) is 13.3. The SMILES string of the molecule is CCc1nsc(SCC(O)CC2CCCC2)n1. The molecule has 0 bridgehead atoms. The molecule has 1 N–H and O–H groups in total. The Labute approximate surface area is 111 Å². The topological polar surface area (TPSA) is 46.0 Å². The van der Waals surface area contributed by atoms with E-state index in [2.05, 4.69) is 16.3 Å². The van der Waals surface area contributed by atoms with Crippen molar-refractivity contribution in [3.8, 4) is 0 Å². The summed E-state index contributed by atoms with van der Waals surface area (Å²) in [5.74, 6) is 2.43. The summed E-state index contributed by atoms with van der Waals surface area (Å²) in [4.78, 5) is 4.39. The van der Waals surface area contributed by atoms with Crippen LogP contribution in [-0.4, -0.2) is 26.3 Å². The van der Waals surface area contributed by atoms with Gasteiger partial charge in [-0.25, -0.2) is 4.98 Å². The van der Waals surface area contributed by atoms with Gasteiger partial charge in [0.05, 0.1) is 6.10 Å². The Balaban J connectivity index is 1.69. The number of hydrogen-bond donors (Lipinski definition) is 1. The summed E-state index contributed by atoms with van der Waals surface area (Å²) in [6.07, 6.45) is 6.98. The van der Waals surface area contributed by atoms with Crippen molar-refractivity contribution in [3.63, 3.8) is 0 Å². The Morgan fingerprint density at radius 3 is 2.88 bits per heavy atom. The van der Waals surface area contributed by atoms with E-state index in [0.717, 1.165) is 34.7 Å². The maximum Gasteiger partial charge on any atom is 0.170 e. The maximum absolute atomic E-state index is 9.97. The van der Waals surface area contributed by atoms with E-state index in [-0.39, 0.29) is 6.10 Å². The molecule has 1 aliphatic rings. The van der Waals surface area contributed by atoms with Gasteiger partial charge in [-0.1, -0.05) is 44.4 Å². The van der Waals surface area contributed by atoms with Gasteiger partial charge in [0, 0.05) is 12.2 Å². The predicted molar refractivity (Wildman–Crippen MR) is 72.6 cm³/mol. The van der Waals surface area contributed by atoms with Crippen LogP contribution in [-0.2, 0) is 6.42 Å². The normalized spacial score (nSPS) is 18.7. The van der Waals surface area contributed by atoms with Crippen LogP contribution in [0.25, 0.3) is 0 Å². The summed E-state index contributed by atoms with van der Waals surface area (Å²) < 4.78 is 5.24. The van der Waals surface area contributed by atoms with E-state index in [0.29, 0.717) is 0 Å². The molecule has 1 unspecified atom stereocenters. The number of aliphatic hydroxyl groups is 1. The molecule has 1 heterocycles. The smallest absolute Gasteiger partial charge is 0.170 e. The predicted octanol–water partition coefficient (Wildman–Crippen LogP) is 3.13. The first-order chi connectivity index (χ1) is 8.28. The van der Waals surface area contributed by atoms with Crippen LogP contribution < -0.4 is 0 Å². The van der Waals surface area contributed by atoms with E-state index < -0.39 is 0 Å². The van der Waals surface area contributed by atoms with Gasteiger partial charge in [0.15, 0.2) is 4.34 Å². The molecular weight excluding hydrogens is 252 g/mol. The average Bonchev–Trinajstić information content (AvgIpc) is 2.96. The van der Waals surface area contributed by atoms with Gasteiger partial charge in [0.1, 0.15) is 5.82 Å². The third-order valence-corrected chi connectivity index (χ3v) is 5.26. The zero-order valence-electron chi connectivity index (χ0n) is 10.3. The molecule has 0 spiro atoms. The summed E-state index contributed by atoms with van der Waals surface area (Å²) >= 11 is 3.09. The van der Waals surface area contributed by atoms with Crippen LogP contribution in [0.4, 0.5) is 0 Å². The number of aryl methyl sites for hydroxylation is 1. The van der Waals surface area contributed by atoms with E-state index in [4.69, 9.17) is 0 Å². The molecule has 1 saturated carbocycles. The standard InChI is InChI=1S/C12H20N2OS2/c1-2-11-13-12(17-14-11)16-8-10(15)7-9-5-3-4-6-9/h9-10,15H,2-8H2,1H3. The molecule has 17 heavy (non-hydrogen) atoms. The van der Waals surface area contributed by atoms with E-state index in [1.165, 1.54) is 37.2 Å². The first-order valence-corrected chi connectivity index (χ1v) is 8.17. The second-order valence-electron chi connectivity index (χ2n) is 4.68. The molecule has 0 radical (unpaired) electrons. The molecule has 1 aromatic heterocycles. The lowest BCUT2D eigenvalue weighted by atomic mass is 10.0. The number of thioether (sulfide) groups is 1. The second kappa shape index (κ2) is 6.71. The van der Waals surface area contributed by atoms with Crippen molar-refractivity contribution in [3.05, 3.63) is 5.82 Å². The highest BCUT2D eigenvalue weighted by atomic mass is 32.2. The second-order valence-corrected chi connectivity index (χ2v) is 6.70. The minimum atomic E-state index is -0.183. The molecule has 1 aromatic rings. The molecule has 1 aliphatic carbocycles. The van der Waals surface area contributed by atoms with Crippen molar-refractivity contribution in [2.24, 2.45) is 5.92 Å². The summed E-state index contributed by atoms with van der Waals surface area (Å²) in [5, 5.41) is 9.97. The minimum absolute atomic E-state index is 0.183. The number of aromatic nitrogens is 2. The zero-order chi connectivity index (χ0) is 12.1. The Kier molecular flexibility index (Phi) is 5.25. The molecule has 2 rings (SSSR count). The Morgan fingerprint density at radius 2 is 2.24 bits per heavy atom. The Morgan fingerprint density at radius 1 is 1.47 bits per heavy atom. The molecule has 0 amide bonds. The van der Waals surface area contributed by atoms with Crippen molar-refractivity contribution in [1.29, 1.82) is 0 Å². The third kappa shape index (κ3) is 4.23. The monoisotopic (exact) mass is 272 g/mol. The Bertz CT molecular complexity index is 337. The minimum Gasteiger partial charge on any atom is -0.392 e. The van der Waals surface area contributed by atoms with E-state index in [1.807, 2.05) is 0 Å². The number of nitrogens with zero attached hydrogens (tertiary/aromatic N) is 2. The van der Waals surface area contributed by atoms with Gasteiger partial charge >= 0.3 is 0 Å². The number of aliphatic hydroxyl groups excluding tert-OH is 1. The quantitative estimate of drug-likeness (QED) is 0.808. The van der Waals surface area contributed by atoms with Crippen LogP contribution in [0, 0.1) is 5.92 Å². The fraction of sp³-hybridized carbons (Fsp3) is 0.833. The summed E-state index contributed by atoms with van der Waals surface area (Å²) in [7, 11) is 0. The lowest BCUT2D eigenvalue weighted by Gasteiger charge is -2.13. The van der Waals surface area contributed by atoms with Crippen molar-refractivity contribution >= 4 is 23.3 Å². The van der Waals surface area contributed by atoms with Gasteiger partial charge in [-0.05, 0) is 23.9 Å². The summed E-state index contributed by atoms with van der Waals surface area (Å²) in [5.41, 5.74) is 0. The van der Waals surface area contributed by atoms with Crippen molar-refractivity contribution in [2.45, 2.75) is 55.9 Å². The van der Waals surface area contributed by atoms with Crippen LogP contribution in [0.2, 0.25) is 0 Å². The van der Waals surface area contributed by atoms with Crippen molar-refractivity contribution < 1.29 is 5.11 Å². The molecular formula is C12H20N2OS2. The van der Waals surface area contributed by atoms with Gasteiger partial charge in [0.2, 0.25) is 0 Å². The molecule has 0 aromatic carbocycles. The van der Waals surface area contributed by atoms with Crippen LogP contribution in [0.3, 0.4) is 0 Å². The van der Waals surface area contributed by atoms with Gasteiger partial charge in [-0.2, -0.15) is 4.37 Å². The number of rotatable bonds is 6.